The second kappa shape index (κ2) is 12.6. The normalized spacial score (nSPS) is 11.5. The maximum atomic E-state index is 12.3. The van der Waals surface area contributed by atoms with Crippen molar-refractivity contribution in [2.75, 3.05) is 26.7 Å². The number of non-ortho nitro benzene ring substituents is 1. The molecule has 0 saturated carbocycles. The molecule has 164 valence electrons. The molecular weight excluding hydrogens is 547 g/mol. The Labute approximate surface area is 196 Å². The molecule has 0 unspecified atom stereocenters. The van der Waals surface area contributed by atoms with Gasteiger partial charge in [0.25, 0.3) is 5.69 Å². The lowest BCUT2D eigenvalue weighted by Gasteiger charge is -2.12. The lowest BCUT2D eigenvalue weighted by Crippen LogP contribution is -2.42. The van der Waals surface area contributed by atoms with Crippen molar-refractivity contribution in [2.45, 2.75) is 11.3 Å². The summed E-state index contributed by atoms with van der Waals surface area (Å²) in [5.74, 6) is 0.515. The third-order valence-electron chi connectivity index (χ3n) is 3.77. The number of nitro groups is 1. The monoisotopic (exact) mass is 568 g/mol. The summed E-state index contributed by atoms with van der Waals surface area (Å²) in [7, 11) is -2.25. The maximum absolute atomic E-state index is 12.3. The predicted octanol–water partition coefficient (Wildman–Crippen LogP) is 1.95. The average molecular weight is 569 g/mol. The number of nitrogens with zero attached hydrogens (tertiary/aromatic N) is 3. The molecule has 0 radical (unpaired) electrons. The van der Waals surface area contributed by atoms with Crippen molar-refractivity contribution in [1.29, 1.82) is 0 Å². The Hall–Kier alpha value is -2.03. The fraction of sp³-hybridized carbons (Fsp3) is 0.294. The predicted molar refractivity (Wildman–Crippen MR) is 126 cm³/mol. The molecular formula is C17H22ClIN6O4S. The molecule has 0 bridgehead atoms. The highest BCUT2D eigenvalue weighted by Crippen LogP contribution is 2.16. The largest absolute Gasteiger partial charge is 0.356 e. The number of sulfonamides is 1. The molecule has 1 aromatic heterocycles. The van der Waals surface area contributed by atoms with Gasteiger partial charge in [-0.25, -0.2) is 18.1 Å². The average Bonchev–Trinajstić information content (AvgIpc) is 2.71. The van der Waals surface area contributed by atoms with Crippen molar-refractivity contribution < 1.29 is 13.3 Å². The fourth-order valence-electron chi connectivity index (χ4n) is 2.31. The minimum absolute atomic E-state index is 0. The molecule has 0 aliphatic heterocycles. The molecule has 0 amide bonds. The van der Waals surface area contributed by atoms with Crippen molar-refractivity contribution in [2.24, 2.45) is 4.99 Å². The van der Waals surface area contributed by atoms with E-state index in [4.69, 9.17) is 11.6 Å². The van der Waals surface area contributed by atoms with Crippen molar-refractivity contribution in [3.05, 3.63) is 63.4 Å². The van der Waals surface area contributed by atoms with E-state index in [2.05, 4.69) is 25.3 Å². The van der Waals surface area contributed by atoms with Gasteiger partial charge in [0.1, 0.15) is 5.15 Å². The Kier molecular flexibility index (Phi) is 10.9. The van der Waals surface area contributed by atoms with Crippen molar-refractivity contribution in [3.63, 3.8) is 0 Å². The third-order valence-corrected chi connectivity index (χ3v) is 5.45. The van der Waals surface area contributed by atoms with E-state index >= 15 is 0 Å². The van der Waals surface area contributed by atoms with Gasteiger partial charge in [0.05, 0.1) is 9.82 Å². The van der Waals surface area contributed by atoms with E-state index < -0.39 is 14.9 Å². The molecule has 0 spiro atoms. The van der Waals surface area contributed by atoms with Crippen LogP contribution in [0.1, 0.15) is 5.56 Å². The number of aliphatic imine (C=N–C) groups is 1. The van der Waals surface area contributed by atoms with E-state index in [0.29, 0.717) is 24.1 Å². The number of aromatic nitrogens is 1. The van der Waals surface area contributed by atoms with Gasteiger partial charge in [-0.2, -0.15) is 0 Å². The number of nitrogens with one attached hydrogen (secondary N) is 3. The number of hydrogen-bond acceptors (Lipinski definition) is 6. The maximum Gasteiger partial charge on any atom is 0.270 e. The first-order chi connectivity index (χ1) is 13.8. The van der Waals surface area contributed by atoms with E-state index in [-0.39, 0.29) is 47.6 Å². The standard InChI is InChI=1S/C17H21ClN6O4S.HI/c1-19-17(20-8-7-13-5-6-16(18)22-12-13)21-9-10-23-29(27,28)15-4-2-3-14(11-15)24(25)26;/h2-6,11-12,23H,7-10H2,1H3,(H2,19,20,21);1H. The summed E-state index contributed by atoms with van der Waals surface area (Å²) in [6, 6.07) is 8.48. The number of nitro benzene ring substituents is 1. The molecule has 30 heavy (non-hydrogen) atoms. The first-order valence-electron chi connectivity index (χ1n) is 8.61. The van der Waals surface area contributed by atoms with Crippen LogP contribution in [0.5, 0.6) is 0 Å². The summed E-state index contributed by atoms with van der Waals surface area (Å²) in [5.41, 5.74) is 0.730. The van der Waals surface area contributed by atoms with Crippen LogP contribution in [0.3, 0.4) is 0 Å². The molecule has 1 heterocycles. The van der Waals surface area contributed by atoms with Gasteiger partial charge in [0.15, 0.2) is 5.96 Å². The van der Waals surface area contributed by atoms with Crippen LogP contribution >= 0.6 is 35.6 Å². The smallest absolute Gasteiger partial charge is 0.270 e. The number of halogens is 2. The molecule has 2 aromatic rings. The molecule has 0 fully saturated rings. The van der Waals surface area contributed by atoms with Gasteiger partial charge in [-0.05, 0) is 24.1 Å². The summed E-state index contributed by atoms with van der Waals surface area (Å²) >= 11 is 5.75. The number of guanidine groups is 1. The number of benzene rings is 1. The van der Waals surface area contributed by atoms with E-state index in [1.54, 1.807) is 19.3 Å². The Morgan fingerprint density at radius 2 is 1.93 bits per heavy atom. The highest BCUT2D eigenvalue weighted by Gasteiger charge is 2.17. The van der Waals surface area contributed by atoms with Crippen LogP contribution in [0.25, 0.3) is 0 Å². The number of pyridine rings is 1. The van der Waals surface area contributed by atoms with Gasteiger partial charge in [-0.3, -0.25) is 15.1 Å². The van der Waals surface area contributed by atoms with Gasteiger partial charge in [-0.15, -0.1) is 24.0 Å². The summed E-state index contributed by atoms with van der Waals surface area (Å²) < 4.78 is 26.9. The zero-order chi connectivity index (χ0) is 21.3. The van der Waals surface area contributed by atoms with Crippen LogP contribution in [0.15, 0.2) is 52.5 Å². The summed E-state index contributed by atoms with van der Waals surface area (Å²) in [5, 5.41) is 17.3. The number of hydrogen-bond donors (Lipinski definition) is 3. The Bertz CT molecular complexity index is 972. The Morgan fingerprint density at radius 1 is 1.20 bits per heavy atom. The minimum Gasteiger partial charge on any atom is -0.356 e. The molecule has 10 nitrogen and oxygen atoms in total. The molecule has 2 rings (SSSR count). The van der Waals surface area contributed by atoms with Crippen LogP contribution in [0.2, 0.25) is 5.15 Å². The van der Waals surface area contributed by atoms with Gasteiger partial charge >= 0.3 is 0 Å². The molecule has 3 N–H and O–H groups in total. The van der Waals surface area contributed by atoms with Gasteiger partial charge in [0, 0.05) is 45.0 Å². The van der Waals surface area contributed by atoms with E-state index in [1.165, 1.54) is 18.2 Å². The van der Waals surface area contributed by atoms with Crippen molar-refractivity contribution in [1.82, 2.24) is 20.3 Å². The summed E-state index contributed by atoms with van der Waals surface area (Å²) in [4.78, 5) is 18.1. The Morgan fingerprint density at radius 3 is 2.57 bits per heavy atom. The lowest BCUT2D eigenvalue weighted by atomic mass is 10.2. The second-order valence-electron chi connectivity index (χ2n) is 5.82. The van der Waals surface area contributed by atoms with Crippen LogP contribution in [0.4, 0.5) is 5.69 Å². The molecule has 1 aromatic carbocycles. The molecule has 0 aliphatic carbocycles. The van der Waals surface area contributed by atoms with Crippen LogP contribution in [-0.2, 0) is 16.4 Å². The highest BCUT2D eigenvalue weighted by atomic mass is 127. The molecule has 0 atom stereocenters. The third kappa shape index (κ3) is 8.38. The Balaban J connectivity index is 0.00000450. The molecule has 0 saturated heterocycles. The highest BCUT2D eigenvalue weighted by molar-refractivity contribution is 14.0. The van der Waals surface area contributed by atoms with E-state index in [0.717, 1.165) is 11.6 Å². The molecule has 13 heteroatoms. The van der Waals surface area contributed by atoms with Crippen LogP contribution in [-0.4, -0.2) is 51.0 Å². The van der Waals surface area contributed by atoms with E-state index in [9.17, 15) is 18.5 Å². The van der Waals surface area contributed by atoms with Crippen molar-refractivity contribution in [3.8, 4) is 0 Å². The van der Waals surface area contributed by atoms with Crippen molar-refractivity contribution >= 4 is 57.2 Å². The SMILES string of the molecule is CN=C(NCCNS(=O)(=O)c1cccc([N+](=O)[O-])c1)NCCc1ccc(Cl)nc1.I. The molecule has 0 aliphatic rings. The minimum atomic E-state index is -3.85. The van der Waals surface area contributed by atoms with Crippen LogP contribution in [0, 0.1) is 10.1 Å². The summed E-state index contributed by atoms with van der Waals surface area (Å²) in [6.45, 7) is 0.950. The first kappa shape index (κ1) is 26.0. The quantitative estimate of drug-likeness (QED) is 0.0799. The second-order valence-corrected chi connectivity index (χ2v) is 7.97. The zero-order valence-corrected chi connectivity index (χ0v) is 19.9. The van der Waals surface area contributed by atoms with E-state index in [1.807, 2.05) is 6.07 Å². The summed E-state index contributed by atoms with van der Waals surface area (Å²) in [6.07, 6.45) is 2.41. The van der Waals surface area contributed by atoms with Gasteiger partial charge in [-0.1, -0.05) is 23.7 Å². The lowest BCUT2D eigenvalue weighted by molar-refractivity contribution is -0.385. The topological polar surface area (TPSA) is 139 Å². The first-order valence-corrected chi connectivity index (χ1v) is 10.5. The zero-order valence-electron chi connectivity index (χ0n) is 16.0. The van der Waals surface area contributed by atoms with Crippen LogP contribution < -0.4 is 15.4 Å². The van der Waals surface area contributed by atoms with Gasteiger partial charge < -0.3 is 10.6 Å². The fourth-order valence-corrected chi connectivity index (χ4v) is 3.50. The van der Waals surface area contributed by atoms with Gasteiger partial charge in [0.2, 0.25) is 10.0 Å². The number of rotatable bonds is 9.